The number of para-hydroxylation sites is 1. The lowest BCUT2D eigenvalue weighted by atomic mass is 10.1. The zero-order chi connectivity index (χ0) is 14.3. The smallest absolute Gasteiger partial charge is 0.334 e. The second kappa shape index (κ2) is 7.38. The standard InChI is InChI=1S/C13H17NO5/c1-19-11-5-3-2-4-9(11)6-7-12(16)14-8-10(15)13(17)18/h2-5,10,15H,6-8H2,1H3,(H,14,16)(H,17,18)/t10-/m0/s1. The number of amides is 1. The molecule has 0 aliphatic carbocycles. The molecule has 0 saturated carbocycles. The molecule has 0 fully saturated rings. The normalized spacial score (nSPS) is 11.7. The van der Waals surface area contributed by atoms with Gasteiger partial charge in [-0.1, -0.05) is 18.2 Å². The van der Waals surface area contributed by atoms with Crippen LogP contribution >= 0.6 is 0 Å². The van der Waals surface area contributed by atoms with Crippen LogP contribution in [0.4, 0.5) is 0 Å². The maximum atomic E-state index is 11.5. The number of carboxylic acids is 1. The van der Waals surface area contributed by atoms with E-state index in [1.807, 2.05) is 18.2 Å². The van der Waals surface area contributed by atoms with Gasteiger partial charge < -0.3 is 20.3 Å². The third-order valence-corrected chi connectivity index (χ3v) is 2.59. The average molecular weight is 267 g/mol. The van der Waals surface area contributed by atoms with Gasteiger partial charge in [-0.05, 0) is 18.1 Å². The van der Waals surface area contributed by atoms with Crippen molar-refractivity contribution in [3.8, 4) is 5.75 Å². The minimum Gasteiger partial charge on any atom is -0.496 e. The summed E-state index contributed by atoms with van der Waals surface area (Å²) >= 11 is 0. The van der Waals surface area contributed by atoms with Gasteiger partial charge >= 0.3 is 5.97 Å². The van der Waals surface area contributed by atoms with E-state index in [0.717, 1.165) is 5.56 Å². The maximum absolute atomic E-state index is 11.5. The zero-order valence-corrected chi connectivity index (χ0v) is 10.6. The highest BCUT2D eigenvalue weighted by Gasteiger charge is 2.14. The summed E-state index contributed by atoms with van der Waals surface area (Å²) in [6.07, 6.45) is -0.888. The monoisotopic (exact) mass is 267 g/mol. The van der Waals surface area contributed by atoms with Crippen LogP contribution in [0, 0.1) is 0 Å². The number of ether oxygens (including phenoxy) is 1. The van der Waals surface area contributed by atoms with Crippen LogP contribution in [0.1, 0.15) is 12.0 Å². The Bertz CT molecular complexity index is 446. The van der Waals surface area contributed by atoms with Crippen molar-refractivity contribution >= 4 is 11.9 Å². The van der Waals surface area contributed by atoms with Crippen molar-refractivity contribution in [2.45, 2.75) is 18.9 Å². The van der Waals surface area contributed by atoms with Gasteiger partial charge in [0.2, 0.25) is 5.91 Å². The third kappa shape index (κ3) is 4.97. The first-order valence-corrected chi connectivity index (χ1v) is 5.84. The Morgan fingerprint density at radius 3 is 2.68 bits per heavy atom. The van der Waals surface area contributed by atoms with Crippen LogP contribution in [0.25, 0.3) is 0 Å². The Balaban J connectivity index is 2.40. The molecule has 0 heterocycles. The summed E-state index contributed by atoms with van der Waals surface area (Å²) in [5, 5.41) is 19.8. The fourth-order valence-electron chi connectivity index (χ4n) is 1.54. The van der Waals surface area contributed by atoms with E-state index in [1.165, 1.54) is 0 Å². The Labute approximate surface area is 111 Å². The molecule has 1 aromatic rings. The lowest BCUT2D eigenvalue weighted by molar-refractivity contribution is -0.146. The van der Waals surface area contributed by atoms with Crippen LogP contribution < -0.4 is 10.1 Å². The SMILES string of the molecule is COc1ccccc1CCC(=O)NC[C@H](O)C(=O)O. The minimum absolute atomic E-state index is 0.201. The molecule has 1 aromatic carbocycles. The molecule has 1 rings (SSSR count). The van der Waals surface area contributed by atoms with Gasteiger partial charge in [-0.15, -0.1) is 0 Å². The van der Waals surface area contributed by atoms with Gasteiger partial charge in [0, 0.05) is 6.42 Å². The summed E-state index contributed by atoms with van der Waals surface area (Å²) in [4.78, 5) is 21.8. The van der Waals surface area contributed by atoms with Crippen LogP contribution in [0.2, 0.25) is 0 Å². The number of aliphatic hydroxyl groups is 1. The Kier molecular flexibility index (Phi) is 5.81. The van der Waals surface area contributed by atoms with Crippen LogP contribution in [-0.4, -0.2) is 41.8 Å². The van der Waals surface area contributed by atoms with Crippen molar-refractivity contribution in [1.29, 1.82) is 0 Å². The average Bonchev–Trinajstić information content (AvgIpc) is 2.42. The number of hydrogen-bond donors (Lipinski definition) is 3. The largest absolute Gasteiger partial charge is 0.496 e. The predicted octanol–water partition coefficient (Wildman–Crippen LogP) is 0.189. The van der Waals surface area contributed by atoms with Gasteiger partial charge in [-0.2, -0.15) is 0 Å². The molecule has 0 radical (unpaired) electrons. The third-order valence-electron chi connectivity index (χ3n) is 2.59. The van der Waals surface area contributed by atoms with Gasteiger partial charge in [0.05, 0.1) is 13.7 Å². The van der Waals surface area contributed by atoms with Crippen molar-refractivity contribution in [3.05, 3.63) is 29.8 Å². The first-order chi connectivity index (χ1) is 9.04. The number of benzene rings is 1. The maximum Gasteiger partial charge on any atom is 0.334 e. The van der Waals surface area contributed by atoms with Crippen molar-refractivity contribution in [2.24, 2.45) is 0 Å². The molecule has 0 spiro atoms. The van der Waals surface area contributed by atoms with E-state index in [2.05, 4.69) is 5.32 Å². The highest BCUT2D eigenvalue weighted by molar-refractivity contribution is 5.78. The van der Waals surface area contributed by atoms with E-state index in [-0.39, 0.29) is 18.9 Å². The van der Waals surface area contributed by atoms with E-state index >= 15 is 0 Å². The van der Waals surface area contributed by atoms with Crippen molar-refractivity contribution in [1.82, 2.24) is 5.32 Å². The predicted molar refractivity (Wildman–Crippen MR) is 68.0 cm³/mol. The second-order valence-electron chi connectivity index (χ2n) is 3.97. The molecular formula is C13H17NO5. The number of aliphatic carboxylic acids is 1. The topological polar surface area (TPSA) is 95.9 Å². The zero-order valence-electron chi connectivity index (χ0n) is 10.6. The summed E-state index contributed by atoms with van der Waals surface area (Å²) in [7, 11) is 1.56. The van der Waals surface area contributed by atoms with Crippen molar-refractivity contribution < 1.29 is 24.5 Å². The van der Waals surface area contributed by atoms with Gasteiger partial charge in [0.1, 0.15) is 5.75 Å². The molecule has 104 valence electrons. The number of nitrogens with one attached hydrogen (secondary N) is 1. The lowest BCUT2D eigenvalue weighted by Gasteiger charge is -2.09. The summed E-state index contributed by atoms with van der Waals surface area (Å²) in [5.41, 5.74) is 0.902. The minimum atomic E-state index is -1.57. The summed E-state index contributed by atoms with van der Waals surface area (Å²) in [5.74, 6) is -0.961. The second-order valence-corrected chi connectivity index (χ2v) is 3.97. The highest BCUT2D eigenvalue weighted by atomic mass is 16.5. The first kappa shape index (κ1) is 15.0. The molecule has 19 heavy (non-hydrogen) atoms. The molecule has 0 aromatic heterocycles. The van der Waals surface area contributed by atoms with Gasteiger partial charge in [-0.25, -0.2) is 4.79 Å². The van der Waals surface area contributed by atoms with E-state index in [1.54, 1.807) is 13.2 Å². The summed E-state index contributed by atoms with van der Waals surface area (Å²) in [6, 6.07) is 7.36. The number of carboxylic acid groups (broad SMARTS) is 1. The van der Waals surface area contributed by atoms with Gasteiger partial charge in [0.25, 0.3) is 0 Å². The molecule has 1 atom stereocenters. The molecule has 0 aliphatic rings. The van der Waals surface area contributed by atoms with Crippen LogP contribution in [0.3, 0.4) is 0 Å². The number of aryl methyl sites for hydroxylation is 1. The Hall–Kier alpha value is -2.08. The fourth-order valence-corrected chi connectivity index (χ4v) is 1.54. The number of carbonyl (C=O) groups is 2. The lowest BCUT2D eigenvalue weighted by Crippen LogP contribution is -2.36. The van der Waals surface area contributed by atoms with Crippen LogP contribution in [0.15, 0.2) is 24.3 Å². The molecule has 0 aliphatic heterocycles. The molecule has 0 unspecified atom stereocenters. The molecule has 3 N–H and O–H groups in total. The molecule has 6 nitrogen and oxygen atoms in total. The van der Waals surface area contributed by atoms with E-state index in [4.69, 9.17) is 14.9 Å². The quantitative estimate of drug-likeness (QED) is 0.655. The van der Waals surface area contributed by atoms with Crippen molar-refractivity contribution in [3.63, 3.8) is 0 Å². The number of hydrogen-bond acceptors (Lipinski definition) is 4. The number of aliphatic hydroxyl groups excluding tert-OH is 1. The highest BCUT2D eigenvalue weighted by Crippen LogP contribution is 2.18. The van der Waals surface area contributed by atoms with Crippen molar-refractivity contribution in [2.75, 3.05) is 13.7 Å². The van der Waals surface area contributed by atoms with Gasteiger partial charge in [-0.3, -0.25) is 4.79 Å². The number of carbonyl (C=O) groups excluding carboxylic acids is 1. The van der Waals surface area contributed by atoms with E-state index in [9.17, 15) is 9.59 Å². The Morgan fingerprint density at radius 1 is 1.37 bits per heavy atom. The first-order valence-electron chi connectivity index (χ1n) is 5.84. The van der Waals surface area contributed by atoms with E-state index < -0.39 is 12.1 Å². The summed E-state index contributed by atoms with van der Waals surface area (Å²) in [6.45, 7) is -0.292. The van der Waals surface area contributed by atoms with Gasteiger partial charge in [0.15, 0.2) is 6.10 Å². The molecule has 1 amide bonds. The number of methoxy groups -OCH3 is 1. The summed E-state index contributed by atoms with van der Waals surface area (Å²) < 4.78 is 5.16. The fraction of sp³-hybridized carbons (Fsp3) is 0.385. The molecule has 0 saturated heterocycles. The molecule has 0 bridgehead atoms. The van der Waals surface area contributed by atoms with Crippen LogP contribution in [0.5, 0.6) is 5.75 Å². The van der Waals surface area contributed by atoms with E-state index in [0.29, 0.717) is 12.2 Å². The van der Waals surface area contributed by atoms with Crippen LogP contribution in [-0.2, 0) is 16.0 Å². The molecular weight excluding hydrogens is 250 g/mol. The number of rotatable bonds is 7. The molecule has 6 heteroatoms. The Morgan fingerprint density at radius 2 is 2.05 bits per heavy atom.